The number of carbonyl (C=O) groups excluding carboxylic acids is 2. The summed E-state index contributed by atoms with van der Waals surface area (Å²) in [6.07, 6.45) is 2.68. The maximum absolute atomic E-state index is 12.2. The van der Waals surface area contributed by atoms with Gasteiger partial charge < -0.3 is 21.3 Å². The molecule has 2 aromatic heterocycles. The van der Waals surface area contributed by atoms with Gasteiger partial charge in [0.15, 0.2) is 5.82 Å². The third kappa shape index (κ3) is 4.79. The molecule has 4 rings (SSSR count). The van der Waals surface area contributed by atoms with E-state index in [9.17, 15) is 9.59 Å². The Hall–Kier alpha value is -3.17. The second-order valence-corrected chi connectivity index (χ2v) is 9.67. The molecule has 3 aromatic rings. The van der Waals surface area contributed by atoms with Crippen LogP contribution >= 0.6 is 22.9 Å². The van der Waals surface area contributed by atoms with Crippen molar-refractivity contribution in [3.8, 4) is 0 Å². The van der Waals surface area contributed by atoms with Crippen LogP contribution in [0.25, 0.3) is 0 Å². The lowest BCUT2D eigenvalue weighted by Crippen LogP contribution is -2.39. The number of hydrogen-bond acceptors (Lipinski definition) is 7. The van der Waals surface area contributed by atoms with Crippen LogP contribution in [0.2, 0.25) is 5.02 Å². The molecule has 0 atom stereocenters. The number of nitrogens with one attached hydrogen (secondary N) is 4. The van der Waals surface area contributed by atoms with Gasteiger partial charge in [-0.25, -0.2) is 4.98 Å². The van der Waals surface area contributed by atoms with Crippen LogP contribution in [0.15, 0.2) is 29.8 Å². The van der Waals surface area contributed by atoms with Crippen LogP contribution in [0, 0.1) is 6.92 Å². The SMILES string of the molecule is CNC(=O)c1scc(C)c1Nc1nc(Nc2ccc3c(c2)C(C)(C)NC(=O)CC3)ncc1Cl. The minimum absolute atomic E-state index is 0.0438. The molecule has 10 heteroatoms. The quantitative estimate of drug-likeness (QED) is 0.420. The van der Waals surface area contributed by atoms with Crippen molar-refractivity contribution in [1.29, 1.82) is 0 Å². The van der Waals surface area contributed by atoms with Gasteiger partial charge in [0, 0.05) is 19.2 Å². The van der Waals surface area contributed by atoms with Crippen molar-refractivity contribution in [3.63, 3.8) is 0 Å². The second kappa shape index (κ2) is 8.99. The largest absolute Gasteiger partial charge is 0.354 e. The Morgan fingerprint density at radius 1 is 1.24 bits per heavy atom. The summed E-state index contributed by atoms with van der Waals surface area (Å²) >= 11 is 7.69. The van der Waals surface area contributed by atoms with Crippen molar-refractivity contribution in [2.75, 3.05) is 17.7 Å². The number of nitrogens with zero attached hydrogens (tertiary/aromatic N) is 2. The van der Waals surface area contributed by atoms with Crippen LogP contribution in [0.3, 0.4) is 0 Å². The van der Waals surface area contributed by atoms with Crippen LogP contribution in [0.4, 0.5) is 23.1 Å². The van der Waals surface area contributed by atoms with Crippen LogP contribution in [0.5, 0.6) is 0 Å². The molecular weight excluding hydrogens is 460 g/mol. The second-order valence-electron chi connectivity index (χ2n) is 8.39. The number of aromatic nitrogens is 2. The van der Waals surface area contributed by atoms with Crippen molar-refractivity contribution >= 4 is 57.9 Å². The van der Waals surface area contributed by atoms with E-state index in [0.717, 1.165) is 22.4 Å². The van der Waals surface area contributed by atoms with E-state index < -0.39 is 5.54 Å². The molecule has 1 aliphatic heterocycles. The Balaban J connectivity index is 1.62. The number of rotatable bonds is 5. The molecule has 0 bridgehead atoms. The highest BCUT2D eigenvalue weighted by Crippen LogP contribution is 2.34. The molecule has 0 fully saturated rings. The first-order valence-corrected chi connectivity index (χ1v) is 11.7. The third-order valence-corrected chi connectivity index (χ3v) is 6.88. The topological polar surface area (TPSA) is 108 Å². The van der Waals surface area contributed by atoms with E-state index in [-0.39, 0.29) is 11.8 Å². The van der Waals surface area contributed by atoms with Crippen molar-refractivity contribution in [2.24, 2.45) is 0 Å². The van der Waals surface area contributed by atoms with Gasteiger partial charge in [-0.3, -0.25) is 9.59 Å². The molecule has 0 saturated heterocycles. The number of aryl methyl sites for hydroxylation is 2. The van der Waals surface area contributed by atoms with Crippen LogP contribution in [-0.4, -0.2) is 28.8 Å². The number of anilines is 4. The van der Waals surface area contributed by atoms with Crippen molar-refractivity contribution in [1.82, 2.24) is 20.6 Å². The molecule has 0 spiro atoms. The lowest BCUT2D eigenvalue weighted by atomic mass is 9.89. The van der Waals surface area contributed by atoms with Gasteiger partial charge in [-0.15, -0.1) is 11.3 Å². The Morgan fingerprint density at radius 3 is 2.79 bits per heavy atom. The standard InChI is InChI=1S/C23H25ClN6O2S/c1-12-11-33-19(21(32)25-4)18(12)28-20-16(24)10-26-22(29-20)27-14-7-5-13-6-8-17(31)30-23(2,3)15(13)9-14/h5,7,9-11H,6,8H2,1-4H3,(H,25,32)(H,30,31)(H2,26,27,28,29). The van der Waals surface area contributed by atoms with Crippen molar-refractivity contribution in [2.45, 2.75) is 39.2 Å². The van der Waals surface area contributed by atoms with Gasteiger partial charge in [-0.05, 0) is 61.4 Å². The minimum atomic E-state index is -0.485. The molecule has 0 unspecified atom stereocenters. The molecule has 2 amide bonds. The van der Waals surface area contributed by atoms with E-state index in [1.54, 1.807) is 7.05 Å². The predicted octanol–water partition coefficient (Wildman–Crippen LogP) is 4.64. The Morgan fingerprint density at radius 2 is 2.03 bits per heavy atom. The molecule has 0 radical (unpaired) electrons. The van der Waals surface area contributed by atoms with Gasteiger partial charge in [-0.1, -0.05) is 17.7 Å². The average Bonchev–Trinajstić information content (AvgIpc) is 3.08. The Kier molecular flexibility index (Phi) is 6.27. The minimum Gasteiger partial charge on any atom is -0.354 e. The molecule has 0 saturated carbocycles. The van der Waals surface area contributed by atoms with E-state index in [4.69, 9.17) is 11.6 Å². The fourth-order valence-electron chi connectivity index (χ4n) is 3.82. The third-order valence-electron chi connectivity index (χ3n) is 5.51. The Bertz CT molecular complexity index is 1240. The highest BCUT2D eigenvalue weighted by atomic mass is 35.5. The first kappa shape index (κ1) is 23.0. The highest BCUT2D eigenvalue weighted by Gasteiger charge is 2.29. The van der Waals surface area contributed by atoms with Gasteiger partial charge in [0.2, 0.25) is 11.9 Å². The number of benzene rings is 1. The van der Waals surface area contributed by atoms with Gasteiger partial charge in [0.1, 0.15) is 9.90 Å². The zero-order valence-electron chi connectivity index (χ0n) is 18.8. The monoisotopic (exact) mass is 484 g/mol. The molecule has 172 valence electrons. The van der Waals surface area contributed by atoms with E-state index in [0.29, 0.717) is 40.2 Å². The number of hydrogen-bond donors (Lipinski definition) is 4. The lowest BCUT2D eigenvalue weighted by Gasteiger charge is -2.27. The van der Waals surface area contributed by atoms with Gasteiger partial charge in [-0.2, -0.15) is 4.98 Å². The molecule has 1 aromatic carbocycles. The van der Waals surface area contributed by atoms with Gasteiger partial charge >= 0.3 is 0 Å². The van der Waals surface area contributed by atoms with Crippen LogP contribution < -0.4 is 21.3 Å². The normalized spacial score (nSPS) is 14.6. The van der Waals surface area contributed by atoms with E-state index in [2.05, 4.69) is 31.2 Å². The molecule has 1 aliphatic rings. The van der Waals surface area contributed by atoms with Crippen LogP contribution in [-0.2, 0) is 16.8 Å². The number of amides is 2. The van der Waals surface area contributed by atoms with Gasteiger partial charge in [0.25, 0.3) is 5.91 Å². The summed E-state index contributed by atoms with van der Waals surface area (Å²) in [5.74, 6) is 0.607. The predicted molar refractivity (Wildman–Crippen MR) is 132 cm³/mol. The summed E-state index contributed by atoms with van der Waals surface area (Å²) in [6.45, 7) is 5.90. The first-order chi connectivity index (χ1) is 15.7. The molecule has 33 heavy (non-hydrogen) atoms. The maximum atomic E-state index is 12.2. The number of fused-ring (bicyclic) bond motifs is 1. The summed E-state index contributed by atoms with van der Waals surface area (Å²) in [7, 11) is 1.59. The fraction of sp³-hybridized carbons (Fsp3) is 0.304. The summed E-state index contributed by atoms with van der Waals surface area (Å²) in [5, 5.41) is 14.4. The lowest BCUT2D eigenvalue weighted by molar-refractivity contribution is -0.122. The van der Waals surface area contributed by atoms with Crippen molar-refractivity contribution < 1.29 is 9.59 Å². The van der Waals surface area contributed by atoms with Gasteiger partial charge in [0.05, 0.1) is 17.4 Å². The number of thiophene rings is 1. The van der Waals surface area contributed by atoms with Crippen molar-refractivity contribution in [3.05, 3.63) is 56.4 Å². The molecule has 3 heterocycles. The number of carbonyl (C=O) groups is 2. The number of halogens is 1. The summed E-state index contributed by atoms with van der Waals surface area (Å²) < 4.78 is 0. The summed E-state index contributed by atoms with van der Waals surface area (Å²) in [6, 6.07) is 5.99. The van der Waals surface area contributed by atoms with E-state index in [1.165, 1.54) is 17.5 Å². The fourth-order valence-corrected chi connectivity index (χ4v) is 4.91. The zero-order valence-corrected chi connectivity index (χ0v) is 20.4. The first-order valence-electron chi connectivity index (χ1n) is 10.5. The Labute approximate surface area is 201 Å². The van der Waals surface area contributed by atoms with Crippen LogP contribution in [0.1, 0.15) is 46.6 Å². The smallest absolute Gasteiger partial charge is 0.263 e. The molecule has 4 N–H and O–H groups in total. The molecule has 8 nitrogen and oxygen atoms in total. The highest BCUT2D eigenvalue weighted by molar-refractivity contribution is 7.12. The summed E-state index contributed by atoms with van der Waals surface area (Å²) in [4.78, 5) is 33.6. The maximum Gasteiger partial charge on any atom is 0.263 e. The average molecular weight is 485 g/mol. The molecule has 0 aliphatic carbocycles. The summed E-state index contributed by atoms with van der Waals surface area (Å²) in [5.41, 5.74) is 4.07. The van der Waals surface area contributed by atoms with E-state index in [1.807, 2.05) is 44.4 Å². The zero-order chi connectivity index (χ0) is 23.8. The van der Waals surface area contributed by atoms with E-state index >= 15 is 0 Å². The molecular formula is C23H25ClN6O2S.